The second-order valence-corrected chi connectivity index (χ2v) is 5.66. The number of rotatable bonds is 8. The largest absolute Gasteiger partial charge is 0.460 e. The number of carbonyl (C=O) groups is 2. The molecule has 2 rings (SSSR count). The van der Waals surface area contributed by atoms with Crippen LogP contribution in [0.4, 0.5) is 5.69 Å². The third-order valence-electron chi connectivity index (χ3n) is 3.35. The van der Waals surface area contributed by atoms with E-state index in [4.69, 9.17) is 21.1 Å². The molecule has 1 N–H and O–H groups in total. The number of carbonyl (C=O) groups excluding carboxylic acids is 2. The van der Waals surface area contributed by atoms with Crippen molar-refractivity contribution < 1.29 is 19.1 Å². The van der Waals surface area contributed by atoms with Crippen molar-refractivity contribution >= 4 is 35.2 Å². The van der Waals surface area contributed by atoms with Crippen LogP contribution >= 0.6 is 11.6 Å². The molecule has 2 aromatic carbocycles. The minimum Gasteiger partial charge on any atom is -0.460 e. The number of amides is 1. The summed E-state index contributed by atoms with van der Waals surface area (Å²) in [4.78, 5) is 24.0. The molecule has 136 valence electrons. The quantitative estimate of drug-likeness (QED) is 0.428. The smallest absolute Gasteiger partial charge is 0.338 e. The lowest BCUT2D eigenvalue weighted by Gasteiger charge is -2.07. The van der Waals surface area contributed by atoms with Gasteiger partial charge in [0.15, 0.2) is 0 Å². The molecule has 0 aliphatic rings. The lowest BCUT2D eigenvalue weighted by atomic mass is 10.2. The molecule has 0 heterocycles. The van der Waals surface area contributed by atoms with Gasteiger partial charge in [-0.3, -0.25) is 4.79 Å². The maximum Gasteiger partial charge on any atom is 0.338 e. The van der Waals surface area contributed by atoms with Gasteiger partial charge >= 0.3 is 5.97 Å². The summed E-state index contributed by atoms with van der Waals surface area (Å²) >= 11 is 6.04. The summed E-state index contributed by atoms with van der Waals surface area (Å²) in [5.41, 5.74) is 1.60. The summed E-state index contributed by atoms with van der Waals surface area (Å²) < 4.78 is 10.2. The van der Waals surface area contributed by atoms with Gasteiger partial charge < -0.3 is 14.8 Å². The molecular weight excluding hydrogens is 354 g/mol. The molecular formula is C20H20ClNO4. The zero-order valence-corrected chi connectivity index (χ0v) is 15.2. The monoisotopic (exact) mass is 373 g/mol. The van der Waals surface area contributed by atoms with Crippen molar-refractivity contribution in [1.29, 1.82) is 0 Å². The lowest BCUT2D eigenvalue weighted by molar-refractivity contribution is -0.111. The Morgan fingerprint density at radius 2 is 1.92 bits per heavy atom. The third-order valence-corrected chi connectivity index (χ3v) is 3.69. The van der Waals surface area contributed by atoms with Gasteiger partial charge in [0, 0.05) is 23.4 Å². The van der Waals surface area contributed by atoms with E-state index in [-0.39, 0.29) is 12.5 Å². The van der Waals surface area contributed by atoms with Crippen molar-refractivity contribution in [1.82, 2.24) is 0 Å². The van der Waals surface area contributed by atoms with E-state index in [0.717, 1.165) is 5.56 Å². The highest BCUT2D eigenvalue weighted by Gasteiger charge is 2.08. The van der Waals surface area contributed by atoms with Gasteiger partial charge in [0.25, 0.3) is 0 Å². The summed E-state index contributed by atoms with van der Waals surface area (Å²) in [5, 5.41) is 3.27. The Morgan fingerprint density at radius 3 is 2.69 bits per heavy atom. The number of halogens is 1. The first-order valence-corrected chi connectivity index (χ1v) is 8.56. The number of hydrogen-bond acceptors (Lipinski definition) is 4. The zero-order chi connectivity index (χ0) is 18.8. The maximum absolute atomic E-state index is 12.0. The highest BCUT2D eigenvalue weighted by atomic mass is 35.5. The van der Waals surface area contributed by atoms with Crippen LogP contribution in [0, 0.1) is 0 Å². The fourth-order valence-electron chi connectivity index (χ4n) is 2.10. The Balaban J connectivity index is 1.94. The van der Waals surface area contributed by atoms with Gasteiger partial charge in [0.2, 0.25) is 5.91 Å². The predicted molar refractivity (Wildman–Crippen MR) is 102 cm³/mol. The molecule has 0 spiro atoms. The van der Waals surface area contributed by atoms with Crippen molar-refractivity contribution in [3.05, 3.63) is 70.8 Å². The minimum absolute atomic E-state index is 0.184. The number of ether oxygens (including phenoxy) is 2. The number of anilines is 1. The van der Waals surface area contributed by atoms with E-state index in [2.05, 4.69) is 5.32 Å². The minimum atomic E-state index is -0.465. The molecule has 0 saturated heterocycles. The fraction of sp³-hybridized carbons (Fsp3) is 0.200. The molecule has 0 unspecified atom stereocenters. The van der Waals surface area contributed by atoms with Gasteiger partial charge in [-0.25, -0.2) is 4.79 Å². The lowest BCUT2D eigenvalue weighted by Crippen LogP contribution is -2.12. The van der Waals surface area contributed by atoms with Gasteiger partial charge in [-0.05, 0) is 42.8 Å². The summed E-state index contributed by atoms with van der Waals surface area (Å²) in [6.07, 6.45) is 3.01. The number of esters is 1. The molecule has 0 atom stereocenters. The molecule has 1 amide bonds. The maximum atomic E-state index is 12.0. The normalized spacial score (nSPS) is 10.7. The molecule has 5 nitrogen and oxygen atoms in total. The molecule has 0 aromatic heterocycles. The van der Waals surface area contributed by atoms with Crippen molar-refractivity contribution in [3.8, 4) is 0 Å². The molecule has 0 aliphatic carbocycles. The van der Waals surface area contributed by atoms with Crippen LogP contribution in [0.15, 0.2) is 54.6 Å². The van der Waals surface area contributed by atoms with Crippen LogP contribution in [0.25, 0.3) is 6.08 Å². The van der Waals surface area contributed by atoms with Crippen molar-refractivity contribution in [3.63, 3.8) is 0 Å². The Labute approximate surface area is 157 Å². The molecule has 2 aromatic rings. The standard InChI is InChI=1S/C20H20ClNO4/c1-2-25-12-13-26-20(24)16-7-5-8-17(14-16)22-19(23)11-10-15-6-3-4-9-18(15)21/h3-11,14H,2,12-13H2,1H3,(H,22,23)/b11-10+. The van der Waals surface area contributed by atoms with E-state index >= 15 is 0 Å². The predicted octanol–water partition coefficient (Wildman–Crippen LogP) is 4.19. The topological polar surface area (TPSA) is 64.6 Å². The summed E-state index contributed by atoms with van der Waals surface area (Å²) in [6, 6.07) is 13.8. The number of hydrogen-bond donors (Lipinski definition) is 1. The molecule has 0 saturated carbocycles. The van der Waals surface area contributed by atoms with Gasteiger partial charge in [-0.1, -0.05) is 35.9 Å². The van der Waals surface area contributed by atoms with Gasteiger partial charge in [-0.15, -0.1) is 0 Å². The highest BCUT2D eigenvalue weighted by Crippen LogP contribution is 2.16. The van der Waals surface area contributed by atoms with E-state index in [9.17, 15) is 9.59 Å². The Bertz CT molecular complexity index is 789. The van der Waals surface area contributed by atoms with Crippen LogP contribution in [0.3, 0.4) is 0 Å². The van der Waals surface area contributed by atoms with E-state index in [1.165, 1.54) is 6.08 Å². The Kier molecular flexibility index (Phi) is 7.86. The highest BCUT2D eigenvalue weighted by molar-refractivity contribution is 6.32. The second-order valence-electron chi connectivity index (χ2n) is 5.26. The summed E-state index contributed by atoms with van der Waals surface area (Å²) in [5.74, 6) is -0.792. The Hall–Kier alpha value is -2.63. The van der Waals surface area contributed by atoms with Crippen molar-refractivity contribution in [2.24, 2.45) is 0 Å². The molecule has 0 fully saturated rings. The van der Waals surface area contributed by atoms with Crippen LogP contribution in [0.1, 0.15) is 22.8 Å². The first-order chi connectivity index (χ1) is 12.6. The van der Waals surface area contributed by atoms with Gasteiger partial charge in [0.05, 0.1) is 12.2 Å². The first-order valence-electron chi connectivity index (χ1n) is 8.18. The van der Waals surface area contributed by atoms with Crippen LogP contribution in [-0.2, 0) is 14.3 Å². The number of benzene rings is 2. The summed E-state index contributed by atoms with van der Waals surface area (Å²) in [7, 11) is 0. The molecule has 0 aliphatic heterocycles. The average Bonchev–Trinajstić information content (AvgIpc) is 2.64. The van der Waals surface area contributed by atoms with E-state index < -0.39 is 5.97 Å². The van der Waals surface area contributed by atoms with Gasteiger partial charge in [-0.2, -0.15) is 0 Å². The zero-order valence-electron chi connectivity index (χ0n) is 14.4. The molecule has 26 heavy (non-hydrogen) atoms. The van der Waals surface area contributed by atoms with Crippen LogP contribution < -0.4 is 5.32 Å². The van der Waals surface area contributed by atoms with Crippen LogP contribution in [0.2, 0.25) is 5.02 Å². The Morgan fingerprint density at radius 1 is 1.12 bits per heavy atom. The van der Waals surface area contributed by atoms with E-state index in [1.807, 2.05) is 25.1 Å². The van der Waals surface area contributed by atoms with Gasteiger partial charge in [0.1, 0.15) is 6.61 Å². The number of nitrogens with one attached hydrogen (secondary N) is 1. The van der Waals surface area contributed by atoms with Crippen molar-refractivity contribution in [2.45, 2.75) is 6.92 Å². The molecule has 0 radical (unpaired) electrons. The third kappa shape index (κ3) is 6.35. The van der Waals surface area contributed by atoms with E-state index in [0.29, 0.717) is 29.5 Å². The summed E-state index contributed by atoms with van der Waals surface area (Å²) in [6.45, 7) is 2.98. The van der Waals surface area contributed by atoms with Crippen LogP contribution in [-0.4, -0.2) is 31.7 Å². The molecule has 6 heteroatoms. The van der Waals surface area contributed by atoms with Crippen molar-refractivity contribution in [2.75, 3.05) is 25.1 Å². The van der Waals surface area contributed by atoms with Crippen LogP contribution in [0.5, 0.6) is 0 Å². The average molecular weight is 374 g/mol. The SMILES string of the molecule is CCOCCOC(=O)c1cccc(NC(=O)/C=C/c2ccccc2Cl)c1. The van der Waals surface area contributed by atoms with E-state index in [1.54, 1.807) is 36.4 Å². The fourth-order valence-corrected chi connectivity index (χ4v) is 2.30. The second kappa shape index (κ2) is 10.4. The first kappa shape index (κ1) is 19.7. The molecule has 0 bridgehead atoms.